The number of aromatic nitrogens is 2. The summed E-state index contributed by atoms with van der Waals surface area (Å²) in [5, 5.41) is 11.3. The maximum atomic E-state index is 5.44. The Balaban J connectivity index is 2.43. The highest BCUT2D eigenvalue weighted by Crippen LogP contribution is 2.09. The number of hydrogen-bond donors (Lipinski definition) is 2. The van der Waals surface area contributed by atoms with Crippen molar-refractivity contribution in [3.05, 3.63) is 17.8 Å². The van der Waals surface area contributed by atoms with E-state index in [1.165, 1.54) is 12.8 Å². The fraction of sp³-hybridized carbons (Fsp3) is 0.636. The van der Waals surface area contributed by atoms with Crippen molar-refractivity contribution in [2.75, 3.05) is 11.9 Å². The summed E-state index contributed by atoms with van der Waals surface area (Å²) in [6, 6.07) is 3.83. The van der Waals surface area contributed by atoms with E-state index in [4.69, 9.17) is 5.73 Å². The first-order valence-electron chi connectivity index (χ1n) is 5.56. The van der Waals surface area contributed by atoms with E-state index in [0.29, 0.717) is 12.5 Å². The number of anilines is 1. The lowest BCUT2D eigenvalue weighted by molar-refractivity contribution is 0.518. The highest BCUT2D eigenvalue weighted by atomic mass is 15.2. The van der Waals surface area contributed by atoms with Gasteiger partial charge in [0.1, 0.15) is 5.82 Å². The second-order valence-corrected chi connectivity index (χ2v) is 3.68. The molecule has 0 fully saturated rings. The maximum Gasteiger partial charge on any atom is 0.148 e. The number of nitrogens with zero attached hydrogens (tertiary/aromatic N) is 2. The van der Waals surface area contributed by atoms with Crippen molar-refractivity contribution >= 4 is 5.82 Å². The molecule has 0 saturated heterocycles. The summed E-state index contributed by atoms with van der Waals surface area (Å²) in [7, 11) is 0. The van der Waals surface area contributed by atoms with Crippen molar-refractivity contribution in [1.82, 2.24) is 10.2 Å². The molecule has 3 N–H and O–H groups in total. The lowest BCUT2D eigenvalue weighted by Crippen LogP contribution is -2.14. The monoisotopic (exact) mass is 208 g/mol. The van der Waals surface area contributed by atoms with E-state index in [9.17, 15) is 0 Å². The summed E-state index contributed by atoms with van der Waals surface area (Å²) >= 11 is 0. The van der Waals surface area contributed by atoms with Crippen LogP contribution in [0.2, 0.25) is 0 Å². The van der Waals surface area contributed by atoms with Crippen LogP contribution in [0.15, 0.2) is 12.1 Å². The van der Waals surface area contributed by atoms with E-state index in [2.05, 4.69) is 29.4 Å². The third-order valence-electron chi connectivity index (χ3n) is 2.66. The van der Waals surface area contributed by atoms with Gasteiger partial charge in [-0.05, 0) is 18.1 Å². The molecule has 15 heavy (non-hydrogen) atoms. The Labute approximate surface area is 91.3 Å². The SMILES string of the molecule is CCC(CC)CNc1ccc(CN)nn1. The van der Waals surface area contributed by atoms with Crippen LogP contribution in [0.3, 0.4) is 0 Å². The molecular weight excluding hydrogens is 188 g/mol. The summed E-state index contributed by atoms with van der Waals surface area (Å²) in [5.41, 5.74) is 6.26. The van der Waals surface area contributed by atoms with Gasteiger partial charge in [-0.15, -0.1) is 5.10 Å². The van der Waals surface area contributed by atoms with E-state index >= 15 is 0 Å². The first-order chi connectivity index (χ1) is 7.30. The normalized spacial score (nSPS) is 10.7. The van der Waals surface area contributed by atoms with Gasteiger partial charge in [0.05, 0.1) is 5.69 Å². The fourth-order valence-electron chi connectivity index (χ4n) is 1.39. The Kier molecular flexibility index (Phi) is 5.04. The van der Waals surface area contributed by atoms with Crippen LogP contribution >= 0.6 is 0 Å². The molecule has 4 nitrogen and oxygen atoms in total. The predicted molar refractivity (Wildman–Crippen MR) is 62.5 cm³/mol. The molecule has 0 radical (unpaired) electrons. The highest BCUT2D eigenvalue weighted by Gasteiger charge is 2.03. The van der Waals surface area contributed by atoms with E-state index in [1.807, 2.05) is 12.1 Å². The number of hydrogen-bond acceptors (Lipinski definition) is 4. The summed E-state index contributed by atoms with van der Waals surface area (Å²) in [6.45, 7) is 5.82. The van der Waals surface area contributed by atoms with Crippen molar-refractivity contribution in [1.29, 1.82) is 0 Å². The molecule has 0 aliphatic carbocycles. The van der Waals surface area contributed by atoms with Gasteiger partial charge in [-0.1, -0.05) is 26.7 Å². The molecule has 0 aromatic carbocycles. The van der Waals surface area contributed by atoms with Gasteiger partial charge in [-0.25, -0.2) is 0 Å². The second kappa shape index (κ2) is 6.35. The van der Waals surface area contributed by atoms with Crippen LogP contribution in [0.5, 0.6) is 0 Å². The third kappa shape index (κ3) is 3.83. The lowest BCUT2D eigenvalue weighted by Gasteiger charge is -2.13. The Morgan fingerprint density at radius 3 is 2.47 bits per heavy atom. The smallest absolute Gasteiger partial charge is 0.148 e. The van der Waals surface area contributed by atoms with Crippen LogP contribution in [0.25, 0.3) is 0 Å². The van der Waals surface area contributed by atoms with Gasteiger partial charge in [-0.2, -0.15) is 5.10 Å². The summed E-state index contributed by atoms with van der Waals surface area (Å²) < 4.78 is 0. The zero-order valence-corrected chi connectivity index (χ0v) is 9.53. The van der Waals surface area contributed by atoms with E-state index < -0.39 is 0 Å². The topological polar surface area (TPSA) is 63.8 Å². The van der Waals surface area contributed by atoms with Crippen molar-refractivity contribution in [3.63, 3.8) is 0 Å². The Morgan fingerprint density at radius 1 is 1.27 bits per heavy atom. The Bertz CT molecular complexity index is 266. The van der Waals surface area contributed by atoms with Gasteiger partial charge >= 0.3 is 0 Å². The number of rotatable bonds is 6. The van der Waals surface area contributed by atoms with Crippen molar-refractivity contribution in [2.45, 2.75) is 33.2 Å². The molecule has 1 aromatic heterocycles. The minimum absolute atomic E-state index is 0.444. The molecule has 1 aromatic rings. The van der Waals surface area contributed by atoms with Crippen molar-refractivity contribution < 1.29 is 0 Å². The molecule has 0 bridgehead atoms. The molecule has 0 aliphatic rings. The average Bonchev–Trinajstić information content (AvgIpc) is 2.31. The molecule has 1 heterocycles. The molecular formula is C11H20N4. The minimum atomic E-state index is 0.444. The zero-order valence-electron chi connectivity index (χ0n) is 9.53. The first kappa shape index (κ1) is 11.9. The molecule has 1 rings (SSSR count). The van der Waals surface area contributed by atoms with Gasteiger partial charge in [0.2, 0.25) is 0 Å². The second-order valence-electron chi connectivity index (χ2n) is 3.68. The molecule has 84 valence electrons. The molecule has 0 atom stereocenters. The zero-order chi connectivity index (χ0) is 11.1. The molecule has 0 unspecified atom stereocenters. The highest BCUT2D eigenvalue weighted by molar-refractivity contribution is 5.32. The standard InChI is InChI=1S/C11H20N4/c1-3-9(4-2)8-13-11-6-5-10(7-12)14-15-11/h5-6,9H,3-4,7-8,12H2,1-2H3,(H,13,15). The van der Waals surface area contributed by atoms with E-state index in [0.717, 1.165) is 18.1 Å². The number of nitrogens with one attached hydrogen (secondary N) is 1. The largest absolute Gasteiger partial charge is 0.368 e. The Morgan fingerprint density at radius 2 is 2.00 bits per heavy atom. The summed E-state index contributed by atoms with van der Waals surface area (Å²) in [5.74, 6) is 1.54. The molecule has 0 saturated carbocycles. The van der Waals surface area contributed by atoms with Gasteiger partial charge < -0.3 is 11.1 Å². The van der Waals surface area contributed by atoms with Gasteiger partial charge in [0, 0.05) is 13.1 Å². The van der Waals surface area contributed by atoms with E-state index in [1.54, 1.807) is 0 Å². The van der Waals surface area contributed by atoms with E-state index in [-0.39, 0.29) is 0 Å². The maximum absolute atomic E-state index is 5.44. The third-order valence-corrected chi connectivity index (χ3v) is 2.66. The van der Waals surface area contributed by atoms with Crippen LogP contribution in [0, 0.1) is 5.92 Å². The minimum Gasteiger partial charge on any atom is -0.368 e. The van der Waals surface area contributed by atoms with Crippen LogP contribution in [-0.4, -0.2) is 16.7 Å². The van der Waals surface area contributed by atoms with Gasteiger partial charge in [-0.3, -0.25) is 0 Å². The van der Waals surface area contributed by atoms with Crippen molar-refractivity contribution in [2.24, 2.45) is 11.7 Å². The lowest BCUT2D eigenvalue weighted by atomic mass is 10.0. The average molecular weight is 208 g/mol. The van der Waals surface area contributed by atoms with Crippen LogP contribution in [0.1, 0.15) is 32.4 Å². The molecule has 0 spiro atoms. The van der Waals surface area contributed by atoms with Gasteiger partial charge in [0.25, 0.3) is 0 Å². The molecule has 0 aliphatic heterocycles. The predicted octanol–water partition coefficient (Wildman–Crippen LogP) is 1.78. The van der Waals surface area contributed by atoms with Crippen LogP contribution in [-0.2, 0) is 6.54 Å². The molecule has 4 heteroatoms. The summed E-state index contributed by atoms with van der Waals surface area (Å²) in [4.78, 5) is 0. The van der Waals surface area contributed by atoms with Crippen LogP contribution < -0.4 is 11.1 Å². The van der Waals surface area contributed by atoms with Crippen molar-refractivity contribution in [3.8, 4) is 0 Å². The quantitative estimate of drug-likeness (QED) is 0.748. The Hall–Kier alpha value is -1.16. The summed E-state index contributed by atoms with van der Waals surface area (Å²) in [6.07, 6.45) is 2.38. The van der Waals surface area contributed by atoms with Crippen LogP contribution in [0.4, 0.5) is 5.82 Å². The van der Waals surface area contributed by atoms with Gasteiger partial charge in [0.15, 0.2) is 0 Å². The number of nitrogens with two attached hydrogens (primary N) is 1. The first-order valence-corrected chi connectivity index (χ1v) is 5.56. The fourth-order valence-corrected chi connectivity index (χ4v) is 1.39. The molecule has 0 amide bonds.